The molecule has 1 N–H and O–H groups in total. The van der Waals surface area contributed by atoms with E-state index in [1.54, 1.807) is 25.2 Å². The molecule has 0 aromatic heterocycles. The Morgan fingerprint density at radius 1 is 1.56 bits per heavy atom. The summed E-state index contributed by atoms with van der Waals surface area (Å²) in [6.07, 6.45) is 4.06. The number of carbonyl (C=O) groups excluding carboxylic acids is 1. The minimum absolute atomic E-state index is 0.0935. The summed E-state index contributed by atoms with van der Waals surface area (Å²) in [4.78, 5) is 20.6. The Morgan fingerprint density at radius 2 is 2.25 bits per heavy atom. The van der Waals surface area contributed by atoms with Gasteiger partial charge in [-0.15, -0.1) is 0 Å². The molecule has 0 radical (unpaired) electrons. The second-order valence-electron chi connectivity index (χ2n) is 3.69. The molecule has 0 fully saturated rings. The van der Waals surface area contributed by atoms with E-state index in [1.165, 1.54) is 6.34 Å². The molecule has 0 bridgehead atoms. The molecule has 5 heteroatoms. The zero-order valence-electron chi connectivity index (χ0n) is 10.6. The number of nitrogens with one attached hydrogen (secondary N) is 1. The maximum atomic E-state index is 11.0. The first-order chi connectivity index (χ1) is 7.57. The average Bonchev–Trinajstić information content (AvgIpc) is 2.25. The topological polar surface area (TPSA) is 57.1 Å². The summed E-state index contributed by atoms with van der Waals surface area (Å²) in [5, 5.41) is 3.11. The van der Waals surface area contributed by atoms with Crippen molar-refractivity contribution in [3.63, 3.8) is 0 Å². The minimum atomic E-state index is 0.0935. The van der Waals surface area contributed by atoms with Gasteiger partial charge in [-0.1, -0.05) is 0 Å². The molecular weight excluding hydrogens is 204 g/mol. The van der Waals surface area contributed by atoms with Gasteiger partial charge in [-0.25, -0.2) is 4.99 Å². The lowest BCUT2D eigenvalue weighted by Gasteiger charge is -2.17. The molecule has 0 saturated heterocycles. The fourth-order valence-corrected chi connectivity index (χ4v) is 0.960. The standard InChI is InChI=1S/C11H22N4O/c1-5-12-8-13-9-14-10(2)6-7-15(4)11(3)16/h8-10H,5-7H2,1-4H3,(H,12,13,14). The number of carbonyl (C=O) groups is 1. The monoisotopic (exact) mass is 226 g/mol. The maximum Gasteiger partial charge on any atom is 0.219 e. The molecule has 0 heterocycles. The predicted octanol–water partition coefficient (Wildman–Crippen LogP) is 0.909. The van der Waals surface area contributed by atoms with Gasteiger partial charge in [0.05, 0.1) is 6.34 Å². The van der Waals surface area contributed by atoms with E-state index in [0.29, 0.717) is 6.04 Å². The lowest BCUT2D eigenvalue weighted by Crippen LogP contribution is -2.32. The molecule has 0 aliphatic rings. The molecule has 1 atom stereocenters. The van der Waals surface area contributed by atoms with Crippen molar-refractivity contribution in [1.29, 1.82) is 0 Å². The van der Waals surface area contributed by atoms with E-state index in [2.05, 4.69) is 22.2 Å². The van der Waals surface area contributed by atoms with Crippen LogP contribution in [0.25, 0.3) is 0 Å². The van der Waals surface area contributed by atoms with E-state index in [1.807, 2.05) is 6.92 Å². The van der Waals surface area contributed by atoms with Gasteiger partial charge in [0, 0.05) is 33.1 Å². The number of nitrogens with zero attached hydrogens (tertiary/aromatic N) is 3. The number of hydrogen-bond acceptors (Lipinski definition) is 2. The normalized spacial score (nSPS) is 13.2. The van der Waals surface area contributed by atoms with E-state index in [9.17, 15) is 4.79 Å². The minimum Gasteiger partial charge on any atom is -0.374 e. The summed E-state index contributed by atoms with van der Waals surface area (Å²) in [6, 6.07) is 0.292. The highest BCUT2D eigenvalue weighted by molar-refractivity contribution is 5.72. The highest BCUT2D eigenvalue weighted by Gasteiger charge is 2.04. The predicted molar refractivity (Wildman–Crippen MR) is 68.1 cm³/mol. The van der Waals surface area contributed by atoms with Gasteiger partial charge in [0.1, 0.15) is 6.34 Å². The van der Waals surface area contributed by atoms with Crippen molar-refractivity contribution in [2.45, 2.75) is 33.2 Å². The van der Waals surface area contributed by atoms with Gasteiger partial charge in [-0.05, 0) is 20.3 Å². The molecule has 1 amide bonds. The van der Waals surface area contributed by atoms with E-state index < -0.39 is 0 Å². The van der Waals surface area contributed by atoms with Crippen LogP contribution in [0.2, 0.25) is 0 Å². The molecule has 0 saturated carbocycles. The Bertz CT molecular complexity index is 250. The Kier molecular flexibility index (Phi) is 8.11. The van der Waals surface area contributed by atoms with E-state index >= 15 is 0 Å². The fourth-order valence-electron chi connectivity index (χ4n) is 0.960. The van der Waals surface area contributed by atoms with Gasteiger partial charge < -0.3 is 10.2 Å². The Hall–Kier alpha value is -1.39. The first-order valence-electron chi connectivity index (χ1n) is 5.55. The first kappa shape index (κ1) is 14.6. The van der Waals surface area contributed by atoms with Gasteiger partial charge in [0.2, 0.25) is 5.91 Å². The molecule has 0 spiro atoms. The summed E-state index contributed by atoms with van der Waals surface area (Å²) in [5.74, 6) is 0.0935. The summed E-state index contributed by atoms with van der Waals surface area (Å²) >= 11 is 0. The third-order valence-corrected chi connectivity index (χ3v) is 2.20. The van der Waals surface area contributed by atoms with Gasteiger partial charge in [0.25, 0.3) is 0 Å². The summed E-state index contributed by atoms with van der Waals surface area (Å²) in [6.45, 7) is 7.08. The van der Waals surface area contributed by atoms with Crippen LogP contribution in [0.5, 0.6) is 0 Å². The van der Waals surface area contributed by atoms with Crippen LogP contribution in [0.15, 0.2) is 9.98 Å². The molecular formula is C11H22N4O. The molecule has 92 valence electrons. The van der Waals surface area contributed by atoms with Crippen LogP contribution < -0.4 is 5.32 Å². The SMILES string of the molecule is CC/N=C\N=C\NC(C)CCN(C)C(C)=O. The maximum absolute atomic E-state index is 11.0. The Morgan fingerprint density at radius 3 is 2.81 bits per heavy atom. The summed E-state index contributed by atoms with van der Waals surface area (Å²) in [5.41, 5.74) is 0. The van der Waals surface area contributed by atoms with Crippen LogP contribution in [0.4, 0.5) is 0 Å². The van der Waals surface area contributed by atoms with Crippen molar-refractivity contribution in [2.24, 2.45) is 9.98 Å². The third kappa shape index (κ3) is 7.96. The van der Waals surface area contributed by atoms with Crippen LogP contribution in [0, 0.1) is 0 Å². The molecule has 5 nitrogen and oxygen atoms in total. The third-order valence-electron chi connectivity index (χ3n) is 2.20. The van der Waals surface area contributed by atoms with Crippen LogP contribution in [0.1, 0.15) is 27.2 Å². The van der Waals surface area contributed by atoms with Crippen LogP contribution >= 0.6 is 0 Å². The highest BCUT2D eigenvalue weighted by atomic mass is 16.2. The second kappa shape index (κ2) is 8.88. The molecule has 1 unspecified atom stereocenters. The Labute approximate surface area is 97.7 Å². The van der Waals surface area contributed by atoms with Crippen molar-refractivity contribution in [1.82, 2.24) is 10.2 Å². The number of hydrogen-bond donors (Lipinski definition) is 1. The molecule has 16 heavy (non-hydrogen) atoms. The second-order valence-corrected chi connectivity index (χ2v) is 3.69. The lowest BCUT2D eigenvalue weighted by atomic mass is 10.2. The molecule has 0 aliphatic heterocycles. The van der Waals surface area contributed by atoms with Crippen LogP contribution in [0.3, 0.4) is 0 Å². The van der Waals surface area contributed by atoms with Gasteiger partial charge >= 0.3 is 0 Å². The molecule has 0 aliphatic carbocycles. The largest absolute Gasteiger partial charge is 0.374 e. The zero-order chi connectivity index (χ0) is 12.4. The van der Waals surface area contributed by atoms with Gasteiger partial charge in [-0.3, -0.25) is 9.79 Å². The summed E-state index contributed by atoms with van der Waals surface area (Å²) < 4.78 is 0. The first-order valence-corrected chi connectivity index (χ1v) is 5.55. The van der Waals surface area contributed by atoms with Crippen molar-refractivity contribution >= 4 is 18.6 Å². The number of rotatable bonds is 7. The van der Waals surface area contributed by atoms with Crippen molar-refractivity contribution in [3.8, 4) is 0 Å². The molecule has 0 aromatic carbocycles. The Balaban J connectivity index is 3.66. The number of aliphatic imine (C=N–C) groups is 2. The highest BCUT2D eigenvalue weighted by Crippen LogP contribution is 1.93. The smallest absolute Gasteiger partial charge is 0.219 e. The van der Waals surface area contributed by atoms with Crippen LogP contribution in [-0.2, 0) is 4.79 Å². The fraction of sp³-hybridized carbons (Fsp3) is 0.727. The molecule has 0 rings (SSSR count). The van der Waals surface area contributed by atoms with Crippen molar-refractivity contribution in [2.75, 3.05) is 20.1 Å². The van der Waals surface area contributed by atoms with Gasteiger partial charge in [0.15, 0.2) is 0 Å². The van der Waals surface area contributed by atoms with E-state index in [-0.39, 0.29) is 5.91 Å². The quantitative estimate of drug-likeness (QED) is 0.518. The number of amides is 1. The summed E-state index contributed by atoms with van der Waals surface area (Å²) in [7, 11) is 1.80. The van der Waals surface area contributed by atoms with E-state index in [0.717, 1.165) is 19.5 Å². The lowest BCUT2D eigenvalue weighted by molar-refractivity contribution is -0.127. The molecule has 0 aromatic rings. The van der Waals surface area contributed by atoms with Crippen molar-refractivity contribution < 1.29 is 4.79 Å². The van der Waals surface area contributed by atoms with E-state index in [4.69, 9.17) is 0 Å². The average molecular weight is 226 g/mol. The van der Waals surface area contributed by atoms with Gasteiger partial charge in [-0.2, -0.15) is 0 Å². The van der Waals surface area contributed by atoms with Crippen molar-refractivity contribution in [3.05, 3.63) is 0 Å². The zero-order valence-corrected chi connectivity index (χ0v) is 10.6. The van der Waals surface area contributed by atoms with Crippen LogP contribution in [-0.4, -0.2) is 49.7 Å².